The summed E-state index contributed by atoms with van der Waals surface area (Å²) in [4.78, 5) is 13.4. The average Bonchev–Trinajstić information content (AvgIpc) is 3.21. The van der Waals surface area contributed by atoms with E-state index in [9.17, 15) is 9.18 Å². The summed E-state index contributed by atoms with van der Waals surface area (Å²) < 4.78 is 13.4. The molecule has 1 saturated carbocycles. The van der Waals surface area contributed by atoms with Gasteiger partial charge in [-0.1, -0.05) is 60.7 Å². The van der Waals surface area contributed by atoms with Crippen molar-refractivity contribution < 1.29 is 9.18 Å². The molecule has 0 N–H and O–H groups in total. The first-order chi connectivity index (χ1) is 15.2. The molecule has 2 unspecified atom stereocenters. The highest BCUT2D eigenvalue weighted by molar-refractivity contribution is 6.09. The second-order valence-corrected chi connectivity index (χ2v) is 8.08. The monoisotopic (exact) mass is 410 g/mol. The Balaban J connectivity index is 1.57. The van der Waals surface area contributed by atoms with Crippen LogP contribution in [-0.4, -0.2) is 16.6 Å². The van der Waals surface area contributed by atoms with Crippen LogP contribution in [0.15, 0.2) is 95.6 Å². The summed E-state index contributed by atoms with van der Waals surface area (Å²) in [6.45, 7) is 0. The number of carbonyl (C=O) groups excluding carboxylic acids is 1. The Morgan fingerprint density at radius 2 is 1.61 bits per heavy atom. The fourth-order valence-corrected chi connectivity index (χ4v) is 4.63. The molecule has 0 bridgehead atoms. The molecule has 5 rings (SSSR count). The lowest BCUT2D eigenvalue weighted by Gasteiger charge is -2.29. The molecular formula is C27H23FN2O. The number of allylic oxidation sites excluding steroid dienone is 1. The number of hydrogen-bond donors (Lipinski definition) is 0. The van der Waals surface area contributed by atoms with Crippen LogP contribution in [0.2, 0.25) is 0 Å². The number of rotatable bonds is 3. The van der Waals surface area contributed by atoms with Gasteiger partial charge >= 0.3 is 0 Å². The van der Waals surface area contributed by atoms with Crippen molar-refractivity contribution in [2.45, 2.75) is 25.3 Å². The zero-order valence-electron chi connectivity index (χ0n) is 17.1. The van der Waals surface area contributed by atoms with E-state index in [0.717, 1.165) is 36.1 Å². The summed E-state index contributed by atoms with van der Waals surface area (Å²) in [7, 11) is 0. The van der Waals surface area contributed by atoms with Gasteiger partial charge in [-0.25, -0.2) is 9.40 Å². The van der Waals surface area contributed by atoms with Crippen LogP contribution in [0.4, 0.5) is 4.39 Å². The summed E-state index contributed by atoms with van der Waals surface area (Å²) in [5.74, 6) is -0.407. The van der Waals surface area contributed by atoms with Crippen molar-refractivity contribution in [3.05, 3.63) is 113 Å². The van der Waals surface area contributed by atoms with Gasteiger partial charge in [0.05, 0.1) is 11.8 Å². The summed E-state index contributed by atoms with van der Waals surface area (Å²) in [5.41, 5.74) is 4.85. The fraction of sp³-hybridized carbons (Fsp3) is 0.185. The number of benzene rings is 3. The topological polar surface area (TPSA) is 32.7 Å². The second kappa shape index (κ2) is 8.31. The zero-order chi connectivity index (χ0) is 21.2. The van der Waals surface area contributed by atoms with E-state index in [1.54, 1.807) is 5.01 Å². The van der Waals surface area contributed by atoms with E-state index < -0.39 is 0 Å². The van der Waals surface area contributed by atoms with E-state index in [2.05, 4.69) is 30.3 Å². The number of fused-ring (bicyclic) bond motifs is 1. The third-order valence-electron chi connectivity index (χ3n) is 6.08. The maximum absolute atomic E-state index is 13.4. The maximum atomic E-state index is 13.4. The van der Waals surface area contributed by atoms with E-state index in [1.165, 1.54) is 29.8 Å². The molecule has 3 aromatic carbocycles. The SMILES string of the molecule is O=C(c1ccc(F)cc1)N1N=C2C(=Cc3ccccc3)CCCC2C1c1ccccc1. The molecule has 1 aliphatic heterocycles. The van der Waals surface area contributed by atoms with Crippen molar-refractivity contribution in [3.8, 4) is 0 Å². The van der Waals surface area contributed by atoms with E-state index in [-0.39, 0.29) is 23.7 Å². The van der Waals surface area contributed by atoms with E-state index in [1.807, 2.05) is 36.4 Å². The van der Waals surface area contributed by atoms with Crippen LogP contribution in [0.3, 0.4) is 0 Å². The first-order valence-electron chi connectivity index (χ1n) is 10.7. The Kier molecular flexibility index (Phi) is 5.21. The summed E-state index contributed by atoms with van der Waals surface area (Å²) in [6.07, 6.45) is 5.19. The Labute approximate surface area is 181 Å². The number of halogens is 1. The molecule has 2 atom stereocenters. The van der Waals surface area contributed by atoms with Crippen LogP contribution in [0.1, 0.15) is 46.8 Å². The second-order valence-electron chi connectivity index (χ2n) is 8.08. The molecule has 1 fully saturated rings. The molecule has 31 heavy (non-hydrogen) atoms. The molecular weight excluding hydrogens is 387 g/mol. The van der Waals surface area contributed by atoms with Gasteiger partial charge in [-0.15, -0.1) is 0 Å². The van der Waals surface area contributed by atoms with Crippen LogP contribution in [-0.2, 0) is 0 Å². The normalized spacial score (nSPS) is 21.6. The van der Waals surface area contributed by atoms with Gasteiger partial charge in [0.15, 0.2) is 0 Å². The van der Waals surface area contributed by atoms with Crippen LogP contribution in [0.25, 0.3) is 6.08 Å². The molecule has 2 aliphatic rings. The molecule has 0 saturated heterocycles. The van der Waals surface area contributed by atoms with Crippen LogP contribution < -0.4 is 0 Å². The van der Waals surface area contributed by atoms with Crippen molar-refractivity contribution in [2.75, 3.05) is 0 Å². The lowest BCUT2D eigenvalue weighted by molar-refractivity contribution is 0.0681. The van der Waals surface area contributed by atoms with Gasteiger partial charge in [0.25, 0.3) is 5.91 Å². The Morgan fingerprint density at radius 1 is 0.935 bits per heavy atom. The summed E-state index contributed by atoms with van der Waals surface area (Å²) >= 11 is 0. The molecule has 3 nitrogen and oxygen atoms in total. The molecule has 3 aromatic rings. The number of nitrogens with zero attached hydrogens (tertiary/aromatic N) is 2. The first-order valence-corrected chi connectivity index (χ1v) is 10.7. The van der Waals surface area contributed by atoms with Gasteiger partial charge in [-0.2, -0.15) is 5.10 Å². The average molecular weight is 410 g/mol. The number of hydrazone groups is 1. The Bertz CT molecular complexity index is 1140. The van der Waals surface area contributed by atoms with Gasteiger partial charge in [-0.3, -0.25) is 4.79 Å². The molecule has 1 heterocycles. The largest absolute Gasteiger partial charge is 0.274 e. The molecule has 0 radical (unpaired) electrons. The predicted octanol–water partition coefficient (Wildman–Crippen LogP) is 6.26. The fourth-order valence-electron chi connectivity index (χ4n) is 4.63. The summed E-state index contributed by atoms with van der Waals surface area (Å²) in [6, 6.07) is 25.9. The highest BCUT2D eigenvalue weighted by Crippen LogP contribution is 2.44. The number of carbonyl (C=O) groups is 1. The van der Waals surface area contributed by atoms with Crippen LogP contribution >= 0.6 is 0 Å². The van der Waals surface area contributed by atoms with Gasteiger partial charge in [-0.05, 0) is 66.3 Å². The third kappa shape index (κ3) is 3.81. The third-order valence-corrected chi connectivity index (χ3v) is 6.08. The van der Waals surface area contributed by atoms with Crippen LogP contribution in [0, 0.1) is 11.7 Å². The lowest BCUT2D eigenvalue weighted by atomic mass is 9.77. The first kappa shape index (κ1) is 19.4. The molecule has 0 aromatic heterocycles. The Morgan fingerprint density at radius 3 is 2.32 bits per heavy atom. The van der Waals surface area contributed by atoms with Crippen molar-refractivity contribution in [1.82, 2.24) is 5.01 Å². The molecule has 1 aliphatic carbocycles. The van der Waals surface area contributed by atoms with E-state index in [4.69, 9.17) is 5.10 Å². The van der Waals surface area contributed by atoms with Crippen molar-refractivity contribution in [1.29, 1.82) is 0 Å². The van der Waals surface area contributed by atoms with Crippen molar-refractivity contribution in [2.24, 2.45) is 11.0 Å². The highest BCUT2D eigenvalue weighted by Gasteiger charge is 2.43. The minimum Gasteiger partial charge on any atom is -0.267 e. The van der Waals surface area contributed by atoms with Crippen LogP contribution in [0.5, 0.6) is 0 Å². The van der Waals surface area contributed by atoms with Gasteiger partial charge in [0.2, 0.25) is 0 Å². The number of amides is 1. The maximum Gasteiger partial charge on any atom is 0.274 e. The van der Waals surface area contributed by atoms with Gasteiger partial charge < -0.3 is 0 Å². The van der Waals surface area contributed by atoms with Gasteiger partial charge in [0, 0.05) is 11.5 Å². The molecule has 0 spiro atoms. The Hall–Kier alpha value is -3.53. The minimum absolute atomic E-state index is 0.149. The standard InChI is InChI=1S/C27H23FN2O/c28-23-16-14-21(15-17-23)27(31)30-26(20-10-5-2-6-11-20)24-13-7-12-22(25(24)29-30)18-19-8-3-1-4-9-19/h1-6,8-11,14-18,24,26H,7,12-13H2. The molecule has 1 amide bonds. The van der Waals surface area contributed by atoms with E-state index >= 15 is 0 Å². The van der Waals surface area contributed by atoms with Crippen molar-refractivity contribution in [3.63, 3.8) is 0 Å². The minimum atomic E-state index is -0.356. The zero-order valence-corrected chi connectivity index (χ0v) is 17.1. The van der Waals surface area contributed by atoms with E-state index in [0.29, 0.717) is 5.56 Å². The summed E-state index contributed by atoms with van der Waals surface area (Å²) in [5, 5.41) is 6.50. The van der Waals surface area contributed by atoms with Gasteiger partial charge in [0.1, 0.15) is 5.82 Å². The smallest absolute Gasteiger partial charge is 0.267 e. The quantitative estimate of drug-likeness (QED) is 0.501. The predicted molar refractivity (Wildman–Crippen MR) is 121 cm³/mol. The van der Waals surface area contributed by atoms with Crippen molar-refractivity contribution >= 4 is 17.7 Å². The highest BCUT2D eigenvalue weighted by atomic mass is 19.1. The number of hydrogen-bond acceptors (Lipinski definition) is 2. The molecule has 154 valence electrons. The molecule has 4 heteroatoms. The lowest BCUT2D eigenvalue weighted by Crippen LogP contribution is -2.31.